The molecule has 0 amide bonds. The zero-order chi connectivity index (χ0) is 35.6. The molecule has 0 bridgehead atoms. The average molecular weight is 674 g/mol. The molecule has 5 nitrogen and oxygen atoms in total. The van der Waals surface area contributed by atoms with Gasteiger partial charge in [-0.3, -0.25) is 0 Å². The van der Waals surface area contributed by atoms with E-state index < -0.39 is 5.97 Å². The Balaban J connectivity index is 1.53. The van der Waals surface area contributed by atoms with Crippen molar-refractivity contribution in [2.24, 2.45) is 11.8 Å². The molecule has 4 aromatic carbocycles. The summed E-state index contributed by atoms with van der Waals surface area (Å²) in [5.74, 6) is 2.00. The number of benzene rings is 4. The van der Waals surface area contributed by atoms with Crippen molar-refractivity contribution in [2.75, 3.05) is 18.1 Å². The first-order chi connectivity index (χ1) is 24.4. The Morgan fingerprint density at radius 3 is 1.30 bits per heavy atom. The molecular formula is C45H55NO4. The van der Waals surface area contributed by atoms with Gasteiger partial charge in [0.1, 0.15) is 11.5 Å². The number of carboxylic acid groups (broad SMARTS) is 1. The minimum absolute atomic E-state index is 0.582. The second kappa shape index (κ2) is 20.7. The number of nitrogens with zero attached hydrogens (tertiary/aromatic N) is 1. The maximum absolute atomic E-state index is 10.8. The summed E-state index contributed by atoms with van der Waals surface area (Å²) in [6.45, 7) is 10.5. The molecule has 2 unspecified atom stereocenters. The molecule has 264 valence electrons. The predicted molar refractivity (Wildman–Crippen MR) is 211 cm³/mol. The van der Waals surface area contributed by atoms with Crippen LogP contribution >= 0.6 is 0 Å². The third-order valence-electron chi connectivity index (χ3n) is 9.22. The van der Waals surface area contributed by atoms with Crippen molar-refractivity contribution in [3.8, 4) is 11.5 Å². The minimum atomic E-state index is -0.954. The van der Waals surface area contributed by atoms with E-state index in [2.05, 4.69) is 118 Å². The first kappa shape index (κ1) is 38.0. The van der Waals surface area contributed by atoms with Gasteiger partial charge in [0.25, 0.3) is 0 Å². The number of carbonyl (C=O) groups is 1. The zero-order valence-corrected chi connectivity index (χ0v) is 30.4. The lowest BCUT2D eigenvalue weighted by Gasteiger charge is -2.26. The van der Waals surface area contributed by atoms with Crippen molar-refractivity contribution < 1.29 is 19.4 Å². The number of anilines is 3. The van der Waals surface area contributed by atoms with E-state index in [1.807, 2.05) is 24.3 Å². The van der Waals surface area contributed by atoms with Gasteiger partial charge in [-0.2, -0.15) is 0 Å². The van der Waals surface area contributed by atoms with E-state index in [9.17, 15) is 4.79 Å². The standard InChI is InChI=1S/C45H55NO4/c1-5-9-11-35(7-3)33-49-43-28-24-41(25-29-43)46(42-26-30-44(31-27-42)50-34-36(8-4)12-10-6-2)40-22-19-39(20-23-40)18-15-37-13-16-38(17-14-37)21-32-45(47)48/h13-32,35-36H,5-12,33-34H2,1-4H3,(H,47,48). The fraction of sp³-hybridized carbons (Fsp3) is 0.356. The number of aliphatic carboxylic acids is 1. The molecule has 4 aromatic rings. The van der Waals surface area contributed by atoms with Crippen LogP contribution in [0, 0.1) is 11.8 Å². The van der Waals surface area contributed by atoms with Crippen molar-refractivity contribution in [2.45, 2.75) is 79.1 Å². The average Bonchev–Trinajstić information content (AvgIpc) is 3.15. The van der Waals surface area contributed by atoms with Gasteiger partial charge in [-0.05, 0) is 108 Å². The van der Waals surface area contributed by atoms with Crippen LogP contribution in [0.2, 0.25) is 0 Å². The summed E-state index contributed by atoms with van der Waals surface area (Å²) in [6, 6.07) is 33.2. The van der Waals surface area contributed by atoms with Gasteiger partial charge in [0.15, 0.2) is 0 Å². The first-order valence-corrected chi connectivity index (χ1v) is 18.5. The Morgan fingerprint density at radius 1 is 0.580 bits per heavy atom. The summed E-state index contributed by atoms with van der Waals surface area (Å²) in [4.78, 5) is 13.1. The van der Waals surface area contributed by atoms with Crippen molar-refractivity contribution in [1.29, 1.82) is 0 Å². The van der Waals surface area contributed by atoms with Crippen molar-refractivity contribution in [1.82, 2.24) is 0 Å². The molecule has 1 N–H and O–H groups in total. The molecule has 0 saturated heterocycles. The van der Waals surface area contributed by atoms with E-state index in [1.54, 1.807) is 6.08 Å². The van der Waals surface area contributed by atoms with Crippen LogP contribution in [0.5, 0.6) is 11.5 Å². The molecule has 0 heterocycles. The Kier molecular flexibility index (Phi) is 15.7. The fourth-order valence-electron chi connectivity index (χ4n) is 5.87. The molecule has 0 aliphatic carbocycles. The summed E-state index contributed by atoms with van der Waals surface area (Å²) in [5.41, 5.74) is 6.12. The van der Waals surface area contributed by atoms with Crippen LogP contribution in [0.4, 0.5) is 17.1 Å². The van der Waals surface area contributed by atoms with Gasteiger partial charge in [-0.15, -0.1) is 0 Å². The predicted octanol–water partition coefficient (Wildman–Crippen LogP) is 12.6. The van der Waals surface area contributed by atoms with Crippen LogP contribution in [0.15, 0.2) is 103 Å². The van der Waals surface area contributed by atoms with Gasteiger partial charge in [0.2, 0.25) is 0 Å². The quantitative estimate of drug-likeness (QED) is 0.0704. The highest BCUT2D eigenvalue weighted by molar-refractivity contribution is 5.85. The molecule has 0 radical (unpaired) electrons. The topological polar surface area (TPSA) is 59.0 Å². The molecule has 50 heavy (non-hydrogen) atoms. The molecule has 5 heteroatoms. The normalized spacial score (nSPS) is 12.6. The van der Waals surface area contributed by atoms with Gasteiger partial charge < -0.3 is 19.5 Å². The molecule has 0 aliphatic rings. The van der Waals surface area contributed by atoms with Crippen molar-refractivity contribution in [3.05, 3.63) is 120 Å². The van der Waals surface area contributed by atoms with E-state index in [0.29, 0.717) is 11.8 Å². The number of hydrogen-bond acceptors (Lipinski definition) is 4. The minimum Gasteiger partial charge on any atom is -0.493 e. The molecule has 0 fully saturated rings. The Bertz CT molecular complexity index is 1540. The SMILES string of the molecule is CCCCC(CC)COc1ccc(N(c2ccc(C=Cc3ccc(C=CC(=O)O)cc3)cc2)c2ccc(OCC(CC)CCCC)cc2)cc1. The van der Waals surface area contributed by atoms with Crippen LogP contribution in [0.1, 0.15) is 95.8 Å². The smallest absolute Gasteiger partial charge is 0.328 e. The van der Waals surface area contributed by atoms with Gasteiger partial charge in [-0.1, -0.05) is 115 Å². The molecule has 2 atom stereocenters. The Hall–Kier alpha value is -4.77. The summed E-state index contributed by atoms with van der Waals surface area (Å²) >= 11 is 0. The largest absolute Gasteiger partial charge is 0.493 e. The monoisotopic (exact) mass is 673 g/mol. The second-order valence-electron chi connectivity index (χ2n) is 13.0. The van der Waals surface area contributed by atoms with Gasteiger partial charge in [-0.25, -0.2) is 4.79 Å². The highest BCUT2D eigenvalue weighted by Crippen LogP contribution is 2.36. The summed E-state index contributed by atoms with van der Waals surface area (Å²) in [5, 5.41) is 8.87. The Morgan fingerprint density at radius 2 is 0.940 bits per heavy atom. The van der Waals surface area contributed by atoms with E-state index >= 15 is 0 Å². The van der Waals surface area contributed by atoms with E-state index in [-0.39, 0.29) is 0 Å². The van der Waals surface area contributed by atoms with Crippen LogP contribution in [0.3, 0.4) is 0 Å². The second-order valence-corrected chi connectivity index (χ2v) is 13.0. The van der Waals surface area contributed by atoms with Gasteiger partial charge in [0, 0.05) is 23.1 Å². The molecule has 0 aromatic heterocycles. The highest BCUT2D eigenvalue weighted by atomic mass is 16.5. The van der Waals surface area contributed by atoms with Crippen molar-refractivity contribution >= 4 is 41.3 Å². The van der Waals surface area contributed by atoms with Crippen LogP contribution in [-0.4, -0.2) is 24.3 Å². The third-order valence-corrected chi connectivity index (χ3v) is 9.22. The molecule has 0 saturated carbocycles. The number of unbranched alkanes of at least 4 members (excludes halogenated alkanes) is 2. The summed E-state index contributed by atoms with van der Waals surface area (Å²) in [7, 11) is 0. The lowest BCUT2D eigenvalue weighted by Crippen LogP contribution is -2.12. The molecular weight excluding hydrogens is 618 g/mol. The van der Waals surface area contributed by atoms with Crippen LogP contribution in [-0.2, 0) is 4.79 Å². The molecule has 0 spiro atoms. The number of hydrogen-bond donors (Lipinski definition) is 1. The summed E-state index contributed by atoms with van der Waals surface area (Å²) in [6.07, 6.45) is 16.5. The number of ether oxygens (including phenoxy) is 2. The summed E-state index contributed by atoms with van der Waals surface area (Å²) < 4.78 is 12.5. The maximum atomic E-state index is 10.8. The lowest BCUT2D eigenvalue weighted by molar-refractivity contribution is -0.131. The Labute approximate surface area is 300 Å². The fourth-order valence-corrected chi connectivity index (χ4v) is 5.87. The van der Waals surface area contributed by atoms with Crippen molar-refractivity contribution in [3.63, 3.8) is 0 Å². The third kappa shape index (κ3) is 12.3. The maximum Gasteiger partial charge on any atom is 0.328 e. The van der Waals surface area contributed by atoms with Gasteiger partial charge >= 0.3 is 5.97 Å². The highest BCUT2D eigenvalue weighted by Gasteiger charge is 2.14. The van der Waals surface area contributed by atoms with Crippen LogP contribution in [0.25, 0.3) is 18.2 Å². The van der Waals surface area contributed by atoms with E-state index in [1.165, 1.54) is 38.5 Å². The van der Waals surface area contributed by atoms with Gasteiger partial charge in [0.05, 0.1) is 13.2 Å². The molecule has 0 aliphatic heterocycles. The van der Waals surface area contributed by atoms with E-state index in [0.717, 1.165) is 77.4 Å². The van der Waals surface area contributed by atoms with Crippen LogP contribution < -0.4 is 14.4 Å². The zero-order valence-electron chi connectivity index (χ0n) is 30.4. The lowest BCUT2D eigenvalue weighted by atomic mass is 10.0. The number of carboxylic acids is 1. The first-order valence-electron chi connectivity index (χ1n) is 18.5. The number of rotatable bonds is 21. The van der Waals surface area contributed by atoms with E-state index in [4.69, 9.17) is 14.6 Å². The molecule has 4 rings (SSSR count).